The standard InChI is InChI=1S/C22H26N2O3S/c1-2-16-5-6-18-17(13-22(25)27-20(18)12-16)14-23-15-19(21-4-3-11-28-21)24-7-9-26-10-8-24/h3-6,11-13,19,23H,2,7-10,14-15H2,1H3/p+2/t19-/m0/s1. The maximum Gasteiger partial charge on any atom is 0.336 e. The van der Waals surface area contributed by atoms with Crippen LogP contribution in [0.15, 0.2) is 51.0 Å². The van der Waals surface area contributed by atoms with Crippen molar-refractivity contribution < 1.29 is 19.4 Å². The number of ether oxygens (including phenoxy) is 1. The lowest BCUT2D eigenvalue weighted by Gasteiger charge is -2.30. The number of thiophene rings is 1. The van der Waals surface area contributed by atoms with Crippen molar-refractivity contribution in [1.29, 1.82) is 0 Å². The van der Waals surface area contributed by atoms with Gasteiger partial charge in [0.05, 0.1) is 18.1 Å². The average molecular weight is 401 g/mol. The van der Waals surface area contributed by atoms with Crippen LogP contribution in [0.1, 0.15) is 29.0 Å². The predicted octanol–water partition coefficient (Wildman–Crippen LogP) is 1.14. The Morgan fingerprint density at radius 1 is 1.21 bits per heavy atom. The molecule has 1 fully saturated rings. The van der Waals surface area contributed by atoms with Crippen LogP contribution >= 0.6 is 11.3 Å². The second kappa shape index (κ2) is 9.01. The van der Waals surface area contributed by atoms with Crippen LogP contribution in [0.2, 0.25) is 0 Å². The molecular formula is C22H28N2O3S+2. The number of benzene rings is 1. The molecule has 1 aliphatic heterocycles. The Bertz CT molecular complexity index is 962. The van der Waals surface area contributed by atoms with E-state index in [4.69, 9.17) is 9.15 Å². The fourth-order valence-corrected chi connectivity index (χ4v) is 4.92. The van der Waals surface area contributed by atoms with Gasteiger partial charge in [-0.15, -0.1) is 11.3 Å². The number of nitrogens with two attached hydrogens (primary N) is 1. The van der Waals surface area contributed by atoms with Crippen LogP contribution in [0.3, 0.4) is 0 Å². The summed E-state index contributed by atoms with van der Waals surface area (Å²) >= 11 is 1.83. The number of rotatable bonds is 7. The highest BCUT2D eigenvalue weighted by molar-refractivity contribution is 7.10. The Labute approximate surface area is 168 Å². The van der Waals surface area contributed by atoms with E-state index in [0.29, 0.717) is 11.6 Å². The molecule has 6 heteroatoms. The van der Waals surface area contributed by atoms with E-state index in [0.717, 1.165) is 56.8 Å². The number of hydrogen-bond donors (Lipinski definition) is 2. The van der Waals surface area contributed by atoms with Crippen molar-refractivity contribution in [3.05, 3.63) is 68.2 Å². The molecule has 3 N–H and O–H groups in total. The molecule has 1 aliphatic rings. The third-order valence-electron chi connectivity index (χ3n) is 5.58. The predicted molar refractivity (Wildman–Crippen MR) is 111 cm³/mol. The van der Waals surface area contributed by atoms with Crippen LogP contribution in [0.5, 0.6) is 0 Å². The first-order chi connectivity index (χ1) is 13.7. The maximum absolute atomic E-state index is 12.0. The van der Waals surface area contributed by atoms with Gasteiger partial charge in [-0.1, -0.05) is 25.1 Å². The highest BCUT2D eigenvalue weighted by Crippen LogP contribution is 2.19. The van der Waals surface area contributed by atoms with Crippen molar-refractivity contribution in [3.63, 3.8) is 0 Å². The molecular weight excluding hydrogens is 372 g/mol. The molecule has 148 valence electrons. The quantitative estimate of drug-likeness (QED) is 0.585. The molecule has 0 spiro atoms. The lowest BCUT2D eigenvalue weighted by Crippen LogP contribution is -3.16. The molecule has 3 aromatic rings. The Kier molecular flexibility index (Phi) is 6.22. The van der Waals surface area contributed by atoms with Crippen molar-refractivity contribution >= 4 is 22.3 Å². The van der Waals surface area contributed by atoms with E-state index in [9.17, 15) is 4.79 Å². The second-order valence-corrected chi connectivity index (χ2v) is 8.32. The van der Waals surface area contributed by atoms with Gasteiger partial charge in [-0.05, 0) is 29.5 Å². The number of quaternary nitrogens is 2. The Hall–Kier alpha value is -1.99. The lowest BCUT2D eigenvalue weighted by atomic mass is 10.1. The molecule has 1 aromatic carbocycles. The summed E-state index contributed by atoms with van der Waals surface area (Å²) in [5.74, 6) is 0. The Balaban J connectivity index is 1.50. The van der Waals surface area contributed by atoms with E-state index in [2.05, 4.69) is 41.9 Å². The van der Waals surface area contributed by atoms with Crippen LogP contribution in [0.4, 0.5) is 0 Å². The zero-order valence-electron chi connectivity index (χ0n) is 16.3. The van der Waals surface area contributed by atoms with Gasteiger partial charge in [0, 0.05) is 17.0 Å². The van der Waals surface area contributed by atoms with Gasteiger partial charge in [-0.3, -0.25) is 0 Å². The van der Waals surface area contributed by atoms with Gasteiger partial charge < -0.3 is 19.4 Å². The summed E-state index contributed by atoms with van der Waals surface area (Å²) in [6.45, 7) is 7.64. The van der Waals surface area contributed by atoms with Crippen LogP contribution in [-0.2, 0) is 17.7 Å². The molecule has 4 rings (SSSR count). The minimum atomic E-state index is -0.266. The van der Waals surface area contributed by atoms with Crippen LogP contribution in [-0.4, -0.2) is 32.8 Å². The van der Waals surface area contributed by atoms with Gasteiger partial charge in [0.15, 0.2) is 6.04 Å². The third kappa shape index (κ3) is 4.36. The van der Waals surface area contributed by atoms with Crippen molar-refractivity contribution in [3.8, 4) is 0 Å². The summed E-state index contributed by atoms with van der Waals surface area (Å²) < 4.78 is 11.0. The summed E-state index contributed by atoms with van der Waals surface area (Å²) in [5, 5.41) is 5.53. The van der Waals surface area contributed by atoms with Gasteiger partial charge >= 0.3 is 5.63 Å². The monoisotopic (exact) mass is 400 g/mol. The van der Waals surface area contributed by atoms with E-state index in [1.54, 1.807) is 11.0 Å². The fourth-order valence-electron chi connectivity index (χ4n) is 4.02. The molecule has 3 heterocycles. The van der Waals surface area contributed by atoms with E-state index < -0.39 is 0 Å². The lowest BCUT2D eigenvalue weighted by molar-refractivity contribution is -0.952. The highest BCUT2D eigenvalue weighted by atomic mass is 32.1. The van der Waals surface area contributed by atoms with Crippen molar-refractivity contribution in [1.82, 2.24) is 0 Å². The van der Waals surface area contributed by atoms with Crippen LogP contribution in [0.25, 0.3) is 11.0 Å². The van der Waals surface area contributed by atoms with Crippen LogP contribution < -0.4 is 15.8 Å². The maximum atomic E-state index is 12.0. The molecule has 0 saturated carbocycles. The first-order valence-electron chi connectivity index (χ1n) is 10.1. The highest BCUT2D eigenvalue weighted by Gasteiger charge is 2.28. The molecule has 1 atom stereocenters. The average Bonchev–Trinajstić information content (AvgIpc) is 3.25. The van der Waals surface area contributed by atoms with E-state index in [1.165, 1.54) is 10.4 Å². The third-order valence-corrected chi connectivity index (χ3v) is 6.57. The minimum absolute atomic E-state index is 0.266. The summed E-state index contributed by atoms with van der Waals surface area (Å²) in [7, 11) is 0. The van der Waals surface area contributed by atoms with Crippen LogP contribution in [0, 0.1) is 0 Å². The molecule has 5 nitrogen and oxygen atoms in total. The number of fused-ring (bicyclic) bond motifs is 1. The van der Waals surface area contributed by atoms with E-state index >= 15 is 0 Å². The number of hydrogen-bond acceptors (Lipinski definition) is 4. The SMILES string of the molecule is CCc1ccc2c(C[NH2+]C[C@@H](c3cccs3)[NH+]3CCOCC3)cc(=O)oc2c1. The first-order valence-corrected chi connectivity index (χ1v) is 11.0. The number of morpholine rings is 1. The normalized spacial score (nSPS) is 16.5. The molecule has 0 aliphatic carbocycles. The summed E-state index contributed by atoms with van der Waals surface area (Å²) in [4.78, 5) is 15.1. The van der Waals surface area contributed by atoms with E-state index in [1.807, 2.05) is 17.4 Å². The summed E-state index contributed by atoms with van der Waals surface area (Å²) in [6, 6.07) is 12.7. The number of nitrogens with one attached hydrogen (secondary N) is 1. The van der Waals surface area contributed by atoms with Gasteiger partial charge in [0.1, 0.15) is 31.8 Å². The van der Waals surface area contributed by atoms with Gasteiger partial charge in [-0.25, -0.2) is 4.79 Å². The molecule has 2 aromatic heterocycles. The fraction of sp³-hybridized carbons (Fsp3) is 0.409. The molecule has 0 unspecified atom stereocenters. The second-order valence-electron chi connectivity index (χ2n) is 7.34. The molecule has 0 radical (unpaired) electrons. The van der Waals surface area contributed by atoms with Crippen molar-refractivity contribution in [2.45, 2.75) is 25.9 Å². The summed E-state index contributed by atoms with van der Waals surface area (Å²) in [5.41, 5.74) is 2.67. The van der Waals surface area contributed by atoms with Gasteiger partial charge in [0.2, 0.25) is 0 Å². The zero-order valence-corrected chi connectivity index (χ0v) is 17.1. The Morgan fingerprint density at radius 3 is 2.82 bits per heavy atom. The van der Waals surface area contributed by atoms with Crippen molar-refractivity contribution in [2.24, 2.45) is 0 Å². The summed E-state index contributed by atoms with van der Waals surface area (Å²) in [6.07, 6.45) is 0.931. The van der Waals surface area contributed by atoms with Gasteiger partial charge in [-0.2, -0.15) is 0 Å². The minimum Gasteiger partial charge on any atom is -0.423 e. The largest absolute Gasteiger partial charge is 0.423 e. The molecule has 1 saturated heterocycles. The topological polar surface area (TPSA) is 60.5 Å². The number of aryl methyl sites for hydroxylation is 1. The zero-order chi connectivity index (χ0) is 19.3. The Morgan fingerprint density at radius 2 is 2.07 bits per heavy atom. The smallest absolute Gasteiger partial charge is 0.336 e. The van der Waals surface area contributed by atoms with E-state index in [-0.39, 0.29) is 5.63 Å². The van der Waals surface area contributed by atoms with Crippen molar-refractivity contribution in [2.75, 3.05) is 32.8 Å². The molecule has 28 heavy (non-hydrogen) atoms. The molecule has 0 bridgehead atoms. The molecule has 0 amide bonds. The van der Waals surface area contributed by atoms with Gasteiger partial charge in [0.25, 0.3) is 0 Å². The first kappa shape index (κ1) is 19.3.